The number of carbonyl (C=O) groups excluding carboxylic acids is 1. The molecule has 1 amide bonds. The van der Waals surface area contributed by atoms with Crippen LogP contribution in [0, 0.1) is 0 Å². The van der Waals surface area contributed by atoms with E-state index in [9.17, 15) is 13.2 Å². The van der Waals surface area contributed by atoms with Crippen LogP contribution in [0.2, 0.25) is 0 Å². The van der Waals surface area contributed by atoms with Crippen LogP contribution in [-0.4, -0.2) is 51.2 Å². The van der Waals surface area contributed by atoms with E-state index in [4.69, 9.17) is 4.74 Å². The first-order chi connectivity index (χ1) is 10.8. The Morgan fingerprint density at radius 2 is 1.83 bits per heavy atom. The molecule has 1 aromatic rings. The molecular weight excluding hydrogens is 316 g/mol. The van der Waals surface area contributed by atoms with E-state index < -0.39 is 16.1 Å². The summed E-state index contributed by atoms with van der Waals surface area (Å²) in [6.07, 6.45) is 3.07. The lowest BCUT2D eigenvalue weighted by atomic mass is 10.2. The van der Waals surface area contributed by atoms with Gasteiger partial charge in [-0.15, -0.1) is 0 Å². The van der Waals surface area contributed by atoms with Crippen LogP contribution in [0.1, 0.15) is 26.7 Å². The van der Waals surface area contributed by atoms with Crippen LogP contribution in [0.4, 0.5) is 5.69 Å². The van der Waals surface area contributed by atoms with E-state index >= 15 is 0 Å². The zero-order valence-corrected chi connectivity index (χ0v) is 14.7. The van der Waals surface area contributed by atoms with Crippen LogP contribution in [-0.2, 0) is 14.8 Å². The van der Waals surface area contributed by atoms with E-state index in [1.165, 1.54) is 4.31 Å². The lowest BCUT2D eigenvalue weighted by Crippen LogP contribution is -2.48. The normalized spacial score (nSPS) is 16.2. The van der Waals surface area contributed by atoms with Gasteiger partial charge in [-0.05, 0) is 51.0 Å². The lowest BCUT2D eigenvalue weighted by molar-refractivity contribution is -0.130. The molecular formula is C16H24N2O4S. The number of benzene rings is 1. The Morgan fingerprint density at radius 1 is 1.26 bits per heavy atom. The summed E-state index contributed by atoms with van der Waals surface area (Å²) < 4.78 is 31.0. The summed E-state index contributed by atoms with van der Waals surface area (Å²) in [5.74, 6) is 0.519. The Hall–Kier alpha value is -1.76. The second kappa shape index (κ2) is 7.21. The predicted octanol–water partition coefficient (Wildman–Crippen LogP) is 1.86. The maximum atomic E-state index is 12.6. The van der Waals surface area contributed by atoms with Gasteiger partial charge in [0.05, 0.1) is 18.6 Å². The highest BCUT2D eigenvalue weighted by Crippen LogP contribution is 2.25. The van der Waals surface area contributed by atoms with Gasteiger partial charge >= 0.3 is 0 Å². The molecule has 0 bridgehead atoms. The monoisotopic (exact) mass is 340 g/mol. The summed E-state index contributed by atoms with van der Waals surface area (Å²) in [6.45, 7) is 5.46. The lowest BCUT2D eigenvalue weighted by Gasteiger charge is -2.31. The van der Waals surface area contributed by atoms with Crippen molar-refractivity contribution >= 4 is 21.6 Å². The Kier molecular flexibility index (Phi) is 5.51. The van der Waals surface area contributed by atoms with Crippen LogP contribution < -0.4 is 9.04 Å². The van der Waals surface area contributed by atoms with Crippen molar-refractivity contribution in [1.29, 1.82) is 0 Å². The zero-order chi connectivity index (χ0) is 17.0. The molecule has 1 saturated heterocycles. The molecule has 128 valence electrons. The maximum Gasteiger partial charge on any atom is 0.246 e. The first-order valence-corrected chi connectivity index (χ1v) is 9.70. The topological polar surface area (TPSA) is 66.9 Å². The van der Waals surface area contributed by atoms with Crippen molar-refractivity contribution < 1.29 is 17.9 Å². The number of hydrogen-bond acceptors (Lipinski definition) is 4. The Balaban J connectivity index is 2.27. The first kappa shape index (κ1) is 17.6. The molecule has 1 aromatic carbocycles. The second-order valence-electron chi connectivity index (χ2n) is 5.69. The molecule has 1 atom stereocenters. The van der Waals surface area contributed by atoms with Crippen molar-refractivity contribution in [3.05, 3.63) is 24.3 Å². The smallest absolute Gasteiger partial charge is 0.246 e. The fourth-order valence-electron chi connectivity index (χ4n) is 2.86. The molecule has 7 heteroatoms. The summed E-state index contributed by atoms with van der Waals surface area (Å²) in [5, 5.41) is 0. The van der Waals surface area contributed by atoms with Crippen molar-refractivity contribution in [2.24, 2.45) is 0 Å². The summed E-state index contributed by atoms with van der Waals surface area (Å²) in [5.41, 5.74) is 0.469. The molecule has 0 unspecified atom stereocenters. The van der Waals surface area contributed by atoms with Gasteiger partial charge in [0.1, 0.15) is 11.8 Å². The predicted molar refractivity (Wildman–Crippen MR) is 90.2 cm³/mol. The van der Waals surface area contributed by atoms with Gasteiger partial charge in [-0.2, -0.15) is 0 Å². The van der Waals surface area contributed by atoms with E-state index in [1.807, 2.05) is 6.92 Å². The number of likely N-dealkylation sites (tertiary alicyclic amines) is 1. The van der Waals surface area contributed by atoms with Crippen molar-refractivity contribution in [3.8, 4) is 5.75 Å². The minimum Gasteiger partial charge on any atom is -0.494 e. The third kappa shape index (κ3) is 4.16. The van der Waals surface area contributed by atoms with Crippen LogP contribution in [0.25, 0.3) is 0 Å². The molecule has 0 N–H and O–H groups in total. The number of anilines is 1. The Bertz CT molecular complexity index is 637. The van der Waals surface area contributed by atoms with Gasteiger partial charge in [-0.1, -0.05) is 0 Å². The van der Waals surface area contributed by atoms with Crippen LogP contribution in [0.5, 0.6) is 5.75 Å². The molecule has 0 aliphatic carbocycles. The number of rotatable bonds is 6. The highest BCUT2D eigenvalue weighted by Gasteiger charge is 2.32. The van der Waals surface area contributed by atoms with Gasteiger partial charge in [-0.3, -0.25) is 9.10 Å². The quantitative estimate of drug-likeness (QED) is 0.793. The SMILES string of the molecule is CCOc1ccc(N([C@@H](C)C(=O)N2CCCC2)S(C)(=O)=O)cc1. The van der Waals surface area contributed by atoms with E-state index in [0.717, 1.165) is 19.1 Å². The van der Waals surface area contributed by atoms with Crippen molar-refractivity contribution in [2.45, 2.75) is 32.7 Å². The van der Waals surface area contributed by atoms with E-state index in [1.54, 1.807) is 36.1 Å². The number of ether oxygens (including phenoxy) is 1. The number of hydrogen-bond donors (Lipinski definition) is 0. The molecule has 0 saturated carbocycles. The van der Waals surface area contributed by atoms with Gasteiger partial charge in [0.15, 0.2) is 0 Å². The minimum atomic E-state index is -3.57. The third-order valence-electron chi connectivity index (χ3n) is 3.89. The number of amides is 1. The molecule has 23 heavy (non-hydrogen) atoms. The van der Waals surface area contributed by atoms with E-state index in [-0.39, 0.29) is 5.91 Å². The molecule has 1 heterocycles. The molecule has 2 rings (SSSR count). The fraction of sp³-hybridized carbons (Fsp3) is 0.562. The van der Waals surface area contributed by atoms with E-state index in [0.29, 0.717) is 31.1 Å². The second-order valence-corrected chi connectivity index (χ2v) is 7.55. The molecule has 1 fully saturated rings. The van der Waals surface area contributed by atoms with Gasteiger partial charge in [0.25, 0.3) is 0 Å². The van der Waals surface area contributed by atoms with Crippen molar-refractivity contribution in [2.75, 3.05) is 30.3 Å². The molecule has 0 spiro atoms. The largest absolute Gasteiger partial charge is 0.494 e. The van der Waals surface area contributed by atoms with E-state index in [2.05, 4.69) is 0 Å². The number of sulfonamides is 1. The summed E-state index contributed by atoms with van der Waals surface area (Å²) >= 11 is 0. The third-order valence-corrected chi connectivity index (χ3v) is 5.13. The standard InChI is InChI=1S/C16H24N2O4S/c1-4-22-15-9-7-14(8-10-15)18(23(3,20)21)13(2)16(19)17-11-5-6-12-17/h7-10,13H,4-6,11-12H2,1-3H3/t13-/m0/s1. The summed E-state index contributed by atoms with van der Waals surface area (Å²) in [6, 6.07) is 5.99. The van der Waals surface area contributed by atoms with Crippen molar-refractivity contribution in [3.63, 3.8) is 0 Å². The van der Waals surface area contributed by atoms with Crippen LogP contribution in [0.3, 0.4) is 0 Å². The highest BCUT2D eigenvalue weighted by atomic mass is 32.2. The molecule has 0 aromatic heterocycles. The zero-order valence-electron chi connectivity index (χ0n) is 13.9. The van der Waals surface area contributed by atoms with Gasteiger partial charge in [0.2, 0.25) is 15.9 Å². The average molecular weight is 340 g/mol. The van der Waals surface area contributed by atoms with Gasteiger partial charge in [0, 0.05) is 13.1 Å². The number of carbonyl (C=O) groups is 1. The summed E-state index contributed by atoms with van der Waals surface area (Å²) in [7, 11) is -3.57. The molecule has 0 radical (unpaired) electrons. The maximum absolute atomic E-state index is 12.6. The molecule has 1 aliphatic rings. The van der Waals surface area contributed by atoms with Gasteiger partial charge in [-0.25, -0.2) is 8.42 Å². The van der Waals surface area contributed by atoms with Crippen molar-refractivity contribution in [1.82, 2.24) is 4.90 Å². The first-order valence-electron chi connectivity index (χ1n) is 7.85. The van der Waals surface area contributed by atoms with Gasteiger partial charge < -0.3 is 9.64 Å². The highest BCUT2D eigenvalue weighted by molar-refractivity contribution is 7.92. The Labute approximate surface area is 138 Å². The minimum absolute atomic E-state index is 0.151. The van der Waals surface area contributed by atoms with Crippen LogP contribution >= 0.6 is 0 Å². The number of nitrogens with zero attached hydrogens (tertiary/aromatic N) is 2. The van der Waals surface area contributed by atoms with Crippen LogP contribution in [0.15, 0.2) is 24.3 Å². The Morgan fingerprint density at radius 3 is 2.30 bits per heavy atom. The molecule has 6 nitrogen and oxygen atoms in total. The average Bonchev–Trinajstić information content (AvgIpc) is 3.01. The summed E-state index contributed by atoms with van der Waals surface area (Å²) in [4.78, 5) is 14.3. The fourth-order valence-corrected chi connectivity index (χ4v) is 4.03. The molecule has 1 aliphatic heterocycles.